The zero-order chi connectivity index (χ0) is 13.5. The smallest absolute Gasteiger partial charge is 0.326 e. The molecule has 0 saturated heterocycles. The number of hydrogen-bond acceptors (Lipinski definition) is 3. The molecule has 6 nitrogen and oxygen atoms in total. The number of rotatable bonds is 6. The number of nitrogens with one attached hydrogen (secondary N) is 2. The van der Waals surface area contributed by atoms with Gasteiger partial charge in [0.25, 0.3) is 5.91 Å². The minimum Gasteiger partial charge on any atom is -0.480 e. The minimum absolute atomic E-state index is 0.154. The molecule has 0 aliphatic rings. The quantitative estimate of drug-likeness (QED) is 0.695. The Hall–Kier alpha value is -2.11. The van der Waals surface area contributed by atoms with Crippen LogP contribution in [0.25, 0.3) is 0 Å². The largest absolute Gasteiger partial charge is 0.480 e. The molecule has 1 rings (SSSR count). The Morgan fingerprint density at radius 3 is 2.78 bits per heavy atom. The van der Waals surface area contributed by atoms with Crippen LogP contribution in [0.5, 0.6) is 0 Å². The molecule has 1 atom stereocenters. The van der Waals surface area contributed by atoms with Gasteiger partial charge >= 0.3 is 5.97 Å². The van der Waals surface area contributed by atoms with Gasteiger partial charge in [0.1, 0.15) is 6.04 Å². The van der Waals surface area contributed by atoms with E-state index in [4.69, 9.17) is 5.11 Å². The topological polar surface area (TPSA) is 99.3 Å². The molecule has 3 N–H and O–H groups in total. The predicted octanol–water partition coefficient (Wildman–Crippen LogP) is 0.748. The van der Waals surface area contributed by atoms with Crippen molar-refractivity contribution in [1.82, 2.24) is 10.3 Å². The number of carbonyl (C=O) groups excluding carboxylic acids is 1. The van der Waals surface area contributed by atoms with Crippen LogP contribution < -0.4 is 10.9 Å². The summed E-state index contributed by atoms with van der Waals surface area (Å²) in [5.74, 6) is -1.62. The summed E-state index contributed by atoms with van der Waals surface area (Å²) in [5.41, 5.74) is -0.246. The Morgan fingerprint density at radius 2 is 2.22 bits per heavy atom. The van der Waals surface area contributed by atoms with E-state index in [0.717, 1.165) is 12.5 Å². The first kappa shape index (κ1) is 14.0. The lowest BCUT2D eigenvalue weighted by molar-refractivity contribution is -0.139. The van der Waals surface area contributed by atoms with Crippen LogP contribution in [0, 0.1) is 0 Å². The second-order valence-electron chi connectivity index (χ2n) is 3.95. The second-order valence-corrected chi connectivity index (χ2v) is 3.95. The Bertz CT molecular complexity index is 481. The minimum atomic E-state index is -1.07. The number of carboxylic acids is 1. The third-order valence-corrected chi connectivity index (χ3v) is 2.49. The summed E-state index contributed by atoms with van der Waals surface area (Å²) < 4.78 is 0. The normalized spacial score (nSPS) is 11.8. The van der Waals surface area contributed by atoms with Crippen molar-refractivity contribution in [2.45, 2.75) is 32.2 Å². The molecule has 1 amide bonds. The third-order valence-electron chi connectivity index (χ3n) is 2.49. The van der Waals surface area contributed by atoms with Crippen LogP contribution in [0.3, 0.4) is 0 Å². The maximum absolute atomic E-state index is 11.7. The van der Waals surface area contributed by atoms with Gasteiger partial charge in [-0.1, -0.05) is 19.8 Å². The van der Waals surface area contributed by atoms with E-state index in [1.165, 1.54) is 12.3 Å². The Balaban J connectivity index is 2.72. The lowest BCUT2D eigenvalue weighted by Gasteiger charge is -2.13. The first-order valence-electron chi connectivity index (χ1n) is 5.77. The Morgan fingerprint density at radius 1 is 1.50 bits per heavy atom. The van der Waals surface area contributed by atoms with E-state index in [1.54, 1.807) is 0 Å². The van der Waals surface area contributed by atoms with Crippen molar-refractivity contribution in [3.63, 3.8) is 0 Å². The number of aromatic amines is 1. The number of amides is 1. The number of unbranched alkanes of at least 4 members (excludes halogenated alkanes) is 1. The standard InChI is InChI=1S/C12H16N2O4/c1-2-3-4-9(12(17)18)14-11(16)8-5-6-13-10(15)7-8/h5-7,9H,2-4H2,1H3,(H,13,15)(H,14,16)(H,17,18). The second kappa shape index (κ2) is 6.58. The van der Waals surface area contributed by atoms with Crippen LogP contribution in [-0.2, 0) is 4.79 Å². The van der Waals surface area contributed by atoms with Crippen LogP contribution in [0.15, 0.2) is 23.1 Å². The summed E-state index contributed by atoms with van der Waals surface area (Å²) >= 11 is 0. The molecule has 0 aliphatic carbocycles. The lowest BCUT2D eigenvalue weighted by atomic mass is 10.1. The first-order chi connectivity index (χ1) is 8.54. The van der Waals surface area contributed by atoms with Gasteiger partial charge in [-0.15, -0.1) is 0 Å². The lowest BCUT2D eigenvalue weighted by Crippen LogP contribution is -2.41. The van der Waals surface area contributed by atoms with Crippen molar-refractivity contribution in [1.29, 1.82) is 0 Å². The summed E-state index contributed by atoms with van der Waals surface area (Å²) in [5, 5.41) is 11.4. The van der Waals surface area contributed by atoms with Crippen LogP contribution in [0.1, 0.15) is 36.5 Å². The zero-order valence-electron chi connectivity index (χ0n) is 10.1. The van der Waals surface area contributed by atoms with Gasteiger partial charge in [0.15, 0.2) is 0 Å². The zero-order valence-corrected chi connectivity index (χ0v) is 10.1. The van der Waals surface area contributed by atoms with Gasteiger partial charge < -0.3 is 15.4 Å². The van der Waals surface area contributed by atoms with Crippen molar-refractivity contribution >= 4 is 11.9 Å². The van der Waals surface area contributed by atoms with Crippen molar-refractivity contribution in [3.05, 3.63) is 34.2 Å². The van der Waals surface area contributed by atoms with Gasteiger partial charge in [-0.3, -0.25) is 9.59 Å². The SMILES string of the molecule is CCCCC(NC(=O)c1cc[nH]c(=O)c1)C(=O)O. The average Bonchev–Trinajstić information content (AvgIpc) is 2.33. The molecule has 1 aromatic heterocycles. The fraction of sp³-hybridized carbons (Fsp3) is 0.417. The summed E-state index contributed by atoms with van der Waals surface area (Å²) in [6.07, 6.45) is 3.29. The molecular weight excluding hydrogens is 236 g/mol. The fourth-order valence-electron chi connectivity index (χ4n) is 1.49. The molecule has 6 heteroatoms. The average molecular weight is 252 g/mol. The number of pyridine rings is 1. The summed E-state index contributed by atoms with van der Waals surface area (Å²) in [7, 11) is 0. The fourth-order valence-corrected chi connectivity index (χ4v) is 1.49. The Labute approximate surface area is 104 Å². The van der Waals surface area contributed by atoms with Crippen LogP contribution in [0.4, 0.5) is 0 Å². The molecule has 1 aromatic rings. The van der Waals surface area contributed by atoms with Gasteiger partial charge in [0, 0.05) is 17.8 Å². The molecule has 0 bridgehead atoms. The Kier molecular flexibility index (Phi) is 5.10. The highest BCUT2D eigenvalue weighted by Crippen LogP contribution is 2.03. The highest BCUT2D eigenvalue weighted by molar-refractivity contribution is 5.96. The maximum Gasteiger partial charge on any atom is 0.326 e. The van der Waals surface area contributed by atoms with Crippen LogP contribution >= 0.6 is 0 Å². The number of hydrogen-bond donors (Lipinski definition) is 3. The van der Waals surface area contributed by atoms with Crippen molar-refractivity contribution in [2.75, 3.05) is 0 Å². The van der Waals surface area contributed by atoms with E-state index in [1.807, 2.05) is 6.92 Å². The first-order valence-corrected chi connectivity index (χ1v) is 5.77. The van der Waals surface area contributed by atoms with Crippen LogP contribution in [-0.4, -0.2) is 28.0 Å². The summed E-state index contributed by atoms with van der Waals surface area (Å²) in [4.78, 5) is 36.1. The van der Waals surface area contributed by atoms with E-state index in [9.17, 15) is 14.4 Å². The van der Waals surface area contributed by atoms with Crippen molar-refractivity contribution < 1.29 is 14.7 Å². The van der Waals surface area contributed by atoms with Gasteiger partial charge in [0.2, 0.25) is 5.56 Å². The number of H-pyrrole nitrogens is 1. The van der Waals surface area contributed by atoms with Crippen LogP contribution in [0.2, 0.25) is 0 Å². The van der Waals surface area contributed by atoms with E-state index in [2.05, 4.69) is 10.3 Å². The molecule has 18 heavy (non-hydrogen) atoms. The highest BCUT2D eigenvalue weighted by atomic mass is 16.4. The van der Waals surface area contributed by atoms with Crippen molar-refractivity contribution in [2.24, 2.45) is 0 Å². The van der Waals surface area contributed by atoms with E-state index < -0.39 is 23.5 Å². The molecule has 1 unspecified atom stereocenters. The summed E-state index contributed by atoms with van der Waals surface area (Å²) in [6, 6.07) is 1.64. The highest BCUT2D eigenvalue weighted by Gasteiger charge is 2.19. The molecule has 0 spiro atoms. The number of carbonyl (C=O) groups is 2. The molecule has 0 aromatic carbocycles. The number of carboxylic acid groups (broad SMARTS) is 1. The monoisotopic (exact) mass is 252 g/mol. The van der Waals surface area contributed by atoms with Gasteiger partial charge in [-0.05, 0) is 12.5 Å². The van der Waals surface area contributed by atoms with Gasteiger partial charge in [-0.2, -0.15) is 0 Å². The molecule has 0 saturated carbocycles. The summed E-state index contributed by atoms with van der Waals surface area (Å²) in [6.45, 7) is 1.94. The predicted molar refractivity (Wildman–Crippen MR) is 65.5 cm³/mol. The van der Waals surface area contributed by atoms with Gasteiger partial charge in [-0.25, -0.2) is 4.79 Å². The third kappa shape index (κ3) is 4.04. The maximum atomic E-state index is 11.7. The van der Waals surface area contributed by atoms with E-state index in [-0.39, 0.29) is 5.56 Å². The van der Waals surface area contributed by atoms with E-state index >= 15 is 0 Å². The molecule has 0 aliphatic heterocycles. The number of aromatic nitrogens is 1. The van der Waals surface area contributed by atoms with Gasteiger partial charge in [0.05, 0.1) is 0 Å². The number of aliphatic carboxylic acids is 1. The molecule has 1 heterocycles. The molecular formula is C12H16N2O4. The van der Waals surface area contributed by atoms with Crippen molar-refractivity contribution in [3.8, 4) is 0 Å². The van der Waals surface area contributed by atoms with E-state index in [0.29, 0.717) is 12.8 Å². The molecule has 0 radical (unpaired) electrons. The molecule has 0 fully saturated rings. The molecule has 98 valence electrons.